The number of nitrogens with zero attached hydrogens (tertiary/aromatic N) is 1. The molecule has 10 heteroatoms. The van der Waals surface area contributed by atoms with Crippen LogP contribution in [0.2, 0.25) is 0 Å². The molecule has 3 N–H and O–H groups in total. The normalized spacial score (nSPS) is 14.8. The third-order valence-corrected chi connectivity index (χ3v) is 5.39. The molecule has 0 saturated carbocycles. The molecule has 1 atom stereocenters. The third-order valence-electron chi connectivity index (χ3n) is 5.39. The van der Waals surface area contributed by atoms with Gasteiger partial charge in [0.05, 0.1) is 6.61 Å². The first-order valence-electron chi connectivity index (χ1n) is 11.2. The van der Waals surface area contributed by atoms with Crippen LogP contribution in [0.4, 0.5) is 18.9 Å². The first-order valence-corrected chi connectivity index (χ1v) is 11.2. The molecule has 2 aromatic carbocycles. The number of alkyl halides is 3. The van der Waals surface area contributed by atoms with Crippen LogP contribution in [0.1, 0.15) is 45.9 Å². The molecule has 0 radical (unpaired) electrons. The summed E-state index contributed by atoms with van der Waals surface area (Å²) in [5, 5.41) is 13.7. The lowest BCUT2D eigenvalue weighted by atomic mass is 10.0. The van der Waals surface area contributed by atoms with E-state index in [0.717, 1.165) is 37.4 Å². The summed E-state index contributed by atoms with van der Waals surface area (Å²) < 4.78 is 37.7. The van der Waals surface area contributed by atoms with Crippen LogP contribution in [0.5, 0.6) is 5.75 Å². The van der Waals surface area contributed by atoms with E-state index in [1.165, 1.54) is 16.7 Å². The first kappa shape index (κ1) is 26.7. The molecule has 190 valence electrons. The van der Waals surface area contributed by atoms with Gasteiger partial charge < -0.3 is 20.5 Å². The number of carboxylic acids is 1. The fourth-order valence-electron chi connectivity index (χ4n) is 3.55. The molecule has 0 spiro atoms. The smallest absolute Gasteiger partial charge is 0.490 e. The van der Waals surface area contributed by atoms with E-state index in [1.54, 1.807) is 24.5 Å². The summed E-state index contributed by atoms with van der Waals surface area (Å²) in [6, 6.07) is 18.1. The van der Waals surface area contributed by atoms with Crippen molar-refractivity contribution in [3.63, 3.8) is 0 Å². The van der Waals surface area contributed by atoms with Crippen LogP contribution in [-0.2, 0) is 11.3 Å². The molecular formula is C26H26F3N3O4. The number of aliphatic carboxylic acids is 1. The van der Waals surface area contributed by atoms with Gasteiger partial charge in [0.2, 0.25) is 0 Å². The predicted molar refractivity (Wildman–Crippen MR) is 128 cm³/mol. The number of halogens is 3. The maximum Gasteiger partial charge on any atom is 0.490 e. The van der Waals surface area contributed by atoms with E-state index in [4.69, 9.17) is 14.6 Å². The number of fused-ring (bicyclic) bond motifs is 1. The summed E-state index contributed by atoms with van der Waals surface area (Å²) in [4.78, 5) is 25.1. The number of carbonyl (C=O) groups excluding carboxylic acids is 1. The van der Waals surface area contributed by atoms with E-state index in [9.17, 15) is 18.0 Å². The number of amides is 1. The van der Waals surface area contributed by atoms with Gasteiger partial charge in [-0.05, 0) is 61.2 Å². The Morgan fingerprint density at radius 2 is 1.75 bits per heavy atom. The van der Waals surface area contributed by atoms with Gasteiger partial charge >= 0.3 is 12.1 Å². The van der Waals surface area contributed by atoms with Gasteiger partial charge in [0.1, 0.15) is 5.75 Å². The number of pyridine rings is 1. The standard InChI is InChI=1S/C24H25N3O2.C2HF3O2/c1-17-4-9-21-22(3-2-14-29-23(21)15-17)26-16-18-5-7-20(8-6-18)27-24(28)19-10-12-25-13-11-19;3-2(4,5)1(6)7/h4-13,15,22,26H,2-3,14,16H2,1H3,(H,27,28);(H,6,7). The van der Waals surface area contributed by atoms with Crippen LogP contribution in [0.3, 0.4) is 0 Å². The van der Waals surface area contributed by atoms with Crippen molar-refractivity contribution >= 4 is 17.6 Å². The average Bonchev–Trinajstić information content (AvgIpc) is 3.05. The Kier molecular flexibility index (Phi) is 9.02. The van der Waals surface area contributed by atoms with Crippen molar-refractivity contribution in [1.29, 1.82) is 0 Å². The maximum absolute atomic E-state index is 12.2. The van der Waals surface area contributed by atoms with Crippen LogP contribution in [0.25, 0.3) is 0 Å². The summed E-state index contributed by atoms with van der Waals surface area (Å²) in [6.45, 7) is 3.61. The predicted octanol–water partition coefficient (Wildman–Crippen LogP) is 5.28. The van der Waals surface area contributed by atoms with Crippen molar-refractivity contribution in [3.8, 4) is 5.75 Å². The Hall–Kier alpha value is -3.92. The minimum atomic E-state index is -5.08. The number of aryl methyl sites for hydroxylation is 1. The number of aromatic nitrogens is 1. The molecule has 36 heavy (non-hydrogen) atoms. The Labute approximate surface area is 206 Å². The number of hydrogen-bond donors (Lipinski definition) is 3. The maximum atomic E-state index is 12.2. The molecule has 0 bridgehead atoms. The number of nitrogens with one attached hydrogen (secondary N) is 2. The van der Waals surface area contributed by atoms with Gasteiger partial charge in [-0.25, -0.2) is 4.79 Å². The number of carbonyl (C=O) groups is 2. The van der Waals surface area contributed by atoms with Crippen molar-refractivity contribution in [2.24, 2.45) is 0 Å². The largest absolute Gasteiger partial charge is 0.493 e. The lowest BCUT2D eigenvalue weighted by Gasteiger charge is -2.19. The van der Waals surface area contributed by atoms with E-state index in [2.05, 4.69) is 40.7 Å². The molecule has 1 aromatic heterocycles. The molecule has 1 unspecified atom stereocenters. The first-order chi connectivity index (χ1) is 17.1. The van der Waals surface area contributed by atoms with Crippen molar-refractivity contribution in [1.82, 2.24) is 10.3 Å². The molecule has 1 amide bonds. The summed E-state index contributed by atoms with van der Waals surface area (Å²) in [5.74, 6) is -1.90. The van der Waals surface area contributed by atoms with Gasteiger partial charge in [0, 0.05) is 41.8 Å². The Balaban J connectivity index is 0.000000454. The lowest BCUT2D eigenvalue weighted by Crippen LogP contribution is -2.21. The van der Waals surface area contributed by atoms with Gasteiger partial charge in [0.25, 0.3) is 5.91 Å². The summed E-state index contributed by atoms with van der Waals surface area (Å²) in [5.41, 5.74) is 4.99. The van der Waals surface area contributed by atoms with Gasteiger partial charge in [0.15, 0.2) is 0 Å². The second-order valence-corrected chi connectivity index (χ2v) is 8.16. The van der Waals surface area contributed by atoms with Crippen molar-refractivity contribution in [2.75, 3.05) is 11.9 Å². The fraction of sp³-hybridized carbons (Fsp3) is 0.269. The number of anilines is 1. The van der Waals surface area contributed by atoms with Crippen LogP contribution in [0, 0.1) is 6.92 Å². The van der Waals surface area contributed by atoms with E-state index < -0.39 is 12.1 Å². The highest BCUT2D eigenvalue weighted by molar-refractivity contribution is 6.04. The highest BCUT2D eigenvalue weighted by atomic mass is 19.4. The molecule has 1 aliphatic heterocycles. The van der Waals surface area contributed by atoms with Crippen molar-refractivity contribution in [2.45, 2.75) is 38.5 Å². The molecule has 4 rings (SSSR count). The topological polar surface area (TPSA) is 101 Å². The minimum absolute atomic E-state index is 0.136. The molecule has 0 aliphatic carbocycles. The molecule has 7 nitrogen and oxygen atoms in total. The second kappa shape index (κ2) is 12.2. The second-order valence-electron chi connectivity index (χ2n) is 8.16. The molecular weight excluding hydrogens is 475 g/mol. The summed E-state index contributed by atoms with van der Waals surface area (Å²) in [7, 11) is 0. The molecule has 0 saturated heterocycles. The number of ether oxygens (including phenoxy) is 1. The molecule has 0 fully saturated rings. The SMILES string of the molecule is Cc1ccc2c(c1)OCCCC2NCc1ccc(NC(=O)c2ccncc2)cc1.O=C(O)C(F)(F)F. The third kappa shape index (κ3) is 7.81. The number of rotatable bonds is 5. The summed E-state index contributed by atoms with van der Waals surface area (Å²) >= 11 is 0. The van der Waals surface area contributed by atoms with Crippen LogP contribution >= 0.6 is 0 Å². The highest BCUT2D eigenvalue weighted by Gasteiger charge is 2.38. The van der Waals surface area contributed by atoms with Crippen LogP contribution in [0.15, 0.2) is 67.0 Å². The Morgan fingerprint density at radius 3 is 2.39 bits per heavy atom. The van der Waals surface area contributed by atoms with E-state index in [0.29, 0.717) is 5.56 Å². The van der Waals surface area contributed by atoms with Gasteiger partial charge in [-0.15, -0.1) is 0 Å². The average molecular weight is 502 g/mol. The highest BCUT2D eigenvalue weighted by Crippen LogP contribution is 2.32. The van der Waals surface area contributed by atoms with Gasteiger partial charge in [-0.3, -0.25) is 9.78 Å². The number of hydrogen-bond acceptors (Lipinski definition) is 5. The van der Waals surface area contributed by atoms with Crippen LogP contribution in [-0.4, -0.2) is 34.8 Å². The van der Waals surface area contributed by atoms with E-state index in [-0.39, 0.29) is 11.9 Å². The quantitative estimate of drug-likeness (QED) is 0.440. The van der Waals surface area contributed by atoms with Gasteiger partial charge in [-0.1, -0.05) is 24.3 Å². The van der Waals surface area contributed by atoms with E-state index in [1.807, 2.05) is 24.3 Å². The Morgan fingerprint density at radius 1 is 1.08 bits per heavy atom. The van der Waals surface area contributed by atoms with Crippen molar-refractivity contribution in [3.05, 3.63) is 89.2 Å². The Bertz CT molecular complexity index is 1170. The number of carboxylic acid groups (broad SMARTS) is 1. The zero-order valence-corrected chi connectivity index (χ0v) is 19.5. The molecule has 1 aliphatic rings. The number of benzene rings is 2. The van der Waals surface area contributed by atoms with Crippen molar-refractivity contribution < 1.29 is 32.6 Å². The zero-order chi connectivity index (χ0) is 26.1. The van der Waals surface area contributed by atoms with Crippen LogP contribution < -0.4 is 15.4 Å². The molecule has 2 heterocycles. The summed E-state index contributed by atoms with van der Waals surface area (Å²) in [6.07, 6.45) is 0.227. The molecule has 3 aromatic rings. The fourth-order valence-corrected chi connectivity index (χ4v) is 3.55. The zero-order valence-electron chi connectivity index (χ0n) is 19.5. The monoisotopic (exact) mass is 501 g/mol. The van der Waals surface area contributed by atoms with E-state index >= 15 is 0 Å². The minimum Gasteiger partial charge on any atom is -0.493 e. The van der Waals surface area contributed by atoms with Gasteiger partial charge in [-0.2, -0.15) is 13.2 Å². The lowest BCUT2D eigenvalue weighted by molar-refractivity contribution is -0.192.